The number of nitrogens with one attached hydrogen (secondary N) is 4. The number of benzene rings is 3. The van der Waals surface area contributed by atoms with E-state index in [2.05, 4.69) is 48.4 Å². The van der Waals surface area contributed by atoms with Crippen LogP contribution < -0.4 is 26.0 Å². The molecule has 0 aliphatic rings. The fourth-order valence-electron chi connectivity index (χ4n) is 4.17. The maximum Gasteiger partial charge on any atom is 0.251 e. The van der Waals surface area contributed by atoms with Crippen LogP contribution >= 0.6 is 0 Å². The van der Waals surface area contributed by atoms with Crippen molar-refractivity contribution < 1.29 is 19.0 Å². The third-order valence-corrected chi connectivity index (χ3v) is 6.50. The molecule has 44 heavy (non-hydrogen) atoms. The molecule has 0 saturated carbocycles. The van der Waals surface area contributed by atoms with Crippen molar-refractivity contribution in [2.45, 2.75) is 12.8 Å². The van der Waals surface area contributed by atoms with E-state index in [-0.39, 0.29) is 5.91 Å². The maximum absolute atomic E-state index is 12.0. The molecular formula is C33H41N7O4. The zero-order valence-electron chi connectivity index (χ0n) is 25.1. The van der Waals surface area contributed by atoms with Gasteiger partial charge in [0.2, 0.25) is 17.8 Å². The second-order valence-corrected chi connectivity index (χ2v) is 9.77. The molecule has 0 atom stereocenters. The molecule has 11 heteroatoms. The summed E-state index contributed by atoms with van der Waals surface area (Å²) in [6, 6.07) is 27.4. The molecule has 0 saturated heterocycles. The Hall–Kier alpha value is -4.74. The molecule has 1 amide bonds. The maximum atomic E-state index is 12.0. The van der Waals surface area contributed by atoms with Gasteiger partial charge < -0.3 is 35.5 Å². The Kier molecular flexibility index (Phi) is 13.7. The van der Waals surface area contributed by atoms with E-state index < -0.39 is 0 Å². The smallest absolute Gasteiger partial charge is 0.251 e. The number of ether oxygens (including phenoxy) is 3. The van der Waals surface area contributed by atoms with E-state index >= 15 is 0 Å². The van der Waals surface area contributed by atoms with Gasteiger partial charge in [0.25, 0.3) is 5.91 Å². The van der Waals surface area contributed by atoms with Gasteiger partial charge in [-0.2, -0.15) is 15.0 Å². The van der Waals surface area contributed by atoms with Gasteiger partial charge in [-0.1, -0.05) is 60.7 Å². The number of carbonyl (C=O) groups is 1. The third-order valence-electron chi connectivity index (χ3n) is 6.50. The van der Waals surface area contributed by atoms with Gasteiger partial charge in [0, 0.05) is 31.7 Å². The molecule has 1 heterocycles. The Morgan fingerprint density at radius 1 is 0.591 bits per heavy atom. The lowest BCUT2D eigenvalue weighted by molar-refractivity contribution is 0.0519. The number of hydrogen-bond acceptors (Lipinski definition) is 10. The number of aromatic nitrogens is 3. The van der Waals surface area contributed by atoms with E-state index in [4.69, 9.17) is 14.2 Å². The minimum absolute atomic E-state index is 0.111. The molecule has 0 aliphatic carbocycles. The average molecular weight is 600 g/mol. The van der Waals surface area contributed by atoms with Gasteiger partial charge in [-0.15, -0.1) is 0 Å². The quantitative estimate of drug-likeness (QED) is 0.110. The monoisotopic (exact) mass is 599 g/mol. The van der Waals surface area contributed by atoms with Crippen LogP contribution in [0.3, 0.4) is 0 Å². The van der Waals surface area contributed by atoms with Crippen molar-refractivity contribution in [3.05, 3.63) is 102 Å². The largest absolute Gasteiger partial charge is 0.497 e. The molecule has 4 aromatic rings. The minimum Gasteiger partial charge on any atom is -0.497 e. The van der Waals surface area contributed by atoms with Gasteiger partial charge in [0.05, 0.1) is 33.5 Å². The molecule has 4 rings (SSSR count). The predicted octanol–water partition coefficient (Wildman–Crippen LogP) is 4.06. The van der Waals surface area contributed by atoms with Crippen LogP contribution in [0.15, 0.2) is 84.9 Å². The van der Waals surface area contributed by atoms with Gasteiger partial charge in [-0.25, -0.2) is 0 Å². The van der Waals surface area contributed by atoms with Crippen LogP contribution in [0.2, 0.25) is 0 Å². The first kappa shape index (κ1) is 32.2. The lowest BCUT2D eigenvalue weighted by Gasteiger charge is -2.12. The summed E-state index contributed by atoms with van der Waals surface area (Å²) in [4.78, 5) is 25.7. The molecule has 0 aliphatic heterocycles. The molecule has 0 spiro atoms. The topological polar surface area (TPSA) is 132 Å². The van der Waals surface area contributed by atoms with E-state index in [1.54, 1.807) is 19.2 Å². The van der Waals surface area contributed by atoms with Crippen molar-refractivity contribution in [1.82, 2.24) is 20.3 Å². The number of carbonyl (C=O) groups excluding carboxylic acids is 1. The number of hydrogen-bond donors (Lipinski definition) is 4. The third kappa shape index (κ3) is 11.9. The fourth-order valence-corrected chi connectivity index (χ4v) is 4.17. The van der Waals surface area contributed by atoms with Crippen molar-refractivity contribution in [3.8, 4) is 5.75 Å². The van der Waals surface area contributed by atoms with E-state index in [9.17, 15) is 4.79 Å². The molecular weight excluding hydrogens is 558 g/mol. The van der Waals surface area contributed by atoms with Crippen LogP contribution in [0.5, 0.6) is 5.75 Å². The molecule has 0 fully saturated rings. The second kappa shape index (κ2) is 18.7. The Morgan fingerprint density at radius 3 is 1.66 bits per heavy atom. The molecule has 1 aromatic heterocycles. The molecule has 3 aromatic carbocycles. The Morgan fingerprint density at radius 2 is 1.09 bits per heavy atom. The number of nitrogens with zero attached hydrogens (tertiary/aromatic N) is 3. The van der Waals surface area contributed by atoms with E-state index in [0.29, 0.717) is 76.0 Å². The van der Waals surface area contributed by atoms with Crippen LogP contribution in [-0.2, 0) is 22.3 Å². The Bertz CT molecular complexity index is 1380. The van der Waals surface area contributed by atoms with E-state index in [0.717, 1.165) is 18.6 Å². The van der Waals surface area contributed by atoms with Gasteiger partial charge in [-0.3, -0.25) is 4.79 Å². The summed E-state index contributed by atoms with van der Waals surface area (Å²) in [5, 5.41) is 12.7. The molecule has 4 N–H and O–H groups in total. The number of rotatable bonds is 20. The standard InChI is InChI=1S/C33H41N7O4/c1-42-29-14-12-27(13-15-29)17-19-36-32-38-31(35-18-16-26-8-4-2-5-9-26)39-33(40-32)37-21-23-44-25-24-43-22-20-34-30(41)28-10-6-3-7-11-28/h2-15H,16-25H2,1H3,(H,34,41)(H3,35,36,37,38,39,40). The highest BCUT2D eigenvalue weighted by Gasteiger charge is 2.07. The molecule has 0 unspecified atom stereocenters. The van der Waals surface area contributed by atoms with Gasteiger partial charge >= 0.3 is 0 Å². The van der Waals surface area contributed by atoms with Crippen LogP contribution in [-0.4, -0.2) is 80.6 Å². The average Bonchev–Trinajstić information content (AvgIpc) is 3.06. The highest BCUT2D eigenvalue weighted by atomic mass is 16.5. The summed E-state index contributed by atoms with van der Waals surface area (Å²) in [6.07, 6.45) is 1.66. The zero-order chi connectivity index (χ0) is 30.7. The van der Waals surface area contributed by atoms with Crippen molar-refractivity contribution in [2.24, 2.45) is 0 Å². The summed E-state index contributed by atoms with van der Waals surface area (Å²) in [6.45, 7) is 4.06. The van der Waals surface area contributed by atoms with Crippen LogP contribution in [0.1, 0.15) is 21.5 Å². The number of anilines is 3. The van der Waals surface area contributed by atoms with Crippen molar-refractivity contribution >= 4 is 23.8 Å². The van der Waals surface area contributed by atoms with Gasteiger partial charge in [-0.05, 0) is 48.2 Å². The summed E-state index contributed by atoms with van der Waals surface area (Å²) in [5.41, 5.74) is 3.06. The molecule has 11 nitrogen and oxygen atoms in total. The Labute approximate surface area is 258 Å². The van der Waals surface area contributed by atoms with Crippen molar-refractivity contribution in [2.75, 3.05) is 75.7 Å². The SMILES string of the molecule is COc1ccc(CCNc2nc(NCCOCCOCCNC(=O)c3ccccc3)nc(NCCc3ccccc3)n2)cc1. The first-order valence-electron chi connectivity index (χ1n) is 14.8. The number of methoxy groups -OCH3 is 1. The lowest BCUT2D eigenvalue weighted by atomic mass is 10.1. The zero-order valence-corrected chi connectivity index (χ0v) is 25.1. The predicted molar refractivity (Wildman–Crippen MR) is 173 cm³/mol. The van der Waals surface area contributed by atoms with Crippen molar-refractivity contribution in [3.63, 3.8) is 0 Å². The summed E-state index contributed by atoms with van der Waals surface area (Å²) >= 11 is 0. The first-order chi connectivity index (χ1) is 21.7. The highest BCUT2D eigenvalue weighted by molar-refractivity contribution is 5.94. The normalized spacial score (nSPS) is 10.7. The van der Waals surface area contributed by atoms with Crippen LogP contribution in [0.25, 0.3) is 0 Å². The first-order valence-corrected chi connectivity index (χ1v) is 14.8. The summed E-state index contributed by atoms with van der Waals surface area (Å²) < 4.78 is 16.5. The van der Waals surface area contributed by atoms with E-state index in [1.165, 1.54) is 11.1 Å². The second-order valence-electron chi connectivity index (χ2n) is 9.77. The lowest BCUT2D eigenvalue weighted by Crippen LogP contribution is -2.27. The van der Waals surface area contributed by atoms with E-state index in [1.807, 2.05) is 60.7 Å². The van der Waals surface area contributed by atoms with Crippen LogP contribution in [0, 0.1) is 0 Å². The van der Waals surface area contributed by atoms with Gasteiger partial charge in [0.15, 0.2) is 0 Å². The highest BCUT2D eigenvalue weighted by Crippen LogP contribution is 2.13. The summed E-state index contributed by atoms with van der Waals surface area (Å²) in [7, 11) is 1.66. The molecule has 0 radical (unpaired) electrons. The van der Waals surface area contributed by atoms with Crippen molar-refractivity contribution in [1.29, 1.82) is 0 Å². The summed E-state index contributed by atoms with van der Waals surface area (Å²) in [5.74, 6) is 2.18. The molecule has 232 valence electrons. The fraction of sp³-hybridized carbons (Fsp3) is 0.333. The minimum atomic E-state index is -0.111. The van der Waals surface area contributed by atoms with Gasteiger partial charge in [0.1, 0.15) is 5.75 Å². The van der Waals surface area contributed by atoms with Crippen LogP contribution in [0.4, 0.5) is 17.8 Å². The molecule has 0 bridgehead atoms. The Balaban J connectivity index is 1.17. The number of amides is 1.